The standard InChI is InChI=1S/C19H12F2N6O/c20-12-5-3-4-11(16(12)21)10-27-18-13(24-19(27)28)8-23-17(25-18)14-9-22-15-6-1-2-7-26(14)15/h1-9H,10H2,(H,24,28). The third kappa shape index (κ3) is 2.48. The van der Waals surface area contributed by atoms with Crippen molar-refractivity contribution in [3.05, 3.63) is 82.7 Å². The SMILES string of the molecule is O=c1[nH]c2cnc(-c3cnc4ccccn34)nc2n1Cc1cccc(F)c1F. The summed E-state index contributed by atoms with van der Waals surface area (Å²) in [5, 5.41) is 0. The van der Waals surface area contributed by atoms with Crippen LogP contribution in [0, 0.1) is 11.6 Å². The number of rotatable bonds is 3. The molecule has 0 aliphatic rings. The number of benzene rings is 1. The Balaban J connectivity index is 1.67. The number of nitrogens with one attached hydrogen (secondary N) is 1. The summed E-state index contributed by atoms with van der Waals surface area (Å²) >= 11 is 0. The van der Waals surface area contributed by atoms with E-state index in [2.05, 4.69) is 19.9 Å². The minimum Gasteiger partial charge on any atom is -0.303 e. The largest absolute Gasteiger partial charge is 0.328 e. The number of hydrogen-bond acceptors (Lipinski definition) is 4. The Morgan fingerprint density at radius 2 is 1.93 bits per heavy atom. The maximum atomic E-state index is 14.1. The van der Waals surface area contributed by atoms with Crippen LogP contribution in [-0.2, 0) is 6.54 Å². The van der Waals surface area contributed by atoms with Gasteiger partial charge in [-0.1, -0.05) is 18.2 Å². The highest BCUT2D eigenvalue weighted by molar-refractivity contribution is 5.72. The van der Waals surface area contributed by atoms with Crippen molar-refractivity contribution < 1.29 is 8.78 Å². The fourth-order valence-electron chi connectivity index (χ4n) is 3.15. The lowest BCUT2D eigenvalue weighted by atomic mass is 10.2. The van der Waals surface area contributed by atoms with Gasteiger partial charge in [0.25, 0.3) is 0 Å². The molecular weight excluding hydrogens is 366 g/mol. The van der Waals surface area contributed by atoms with Crippen LogP contribution < -0.4 is 5.69 Å². The predicted molar refractivity (Wildman–Crippen MR) is 97.8 cm³/mol. The summed E-state index contributed by atoms with van der Waals surface area (Å²) in [6.45, 7) is -0.161. The summed E-state index contributed by atoms with van der Waals surface area (Å²) in [6.07, 6.45) is 4.95. The van der Waals surface area contributed by atoms with Gasteiger partial charge in [-0.3, -0.25) is 8.97 Å². The molecule has 4 heterocycles. The van der Waals surface area contributed by atoms with Gasteiger partial charge in [0.1, 0.15) is 16.9 Å². The molecule has 1 aromatic carbocycles. The number of pyridine rings is 1. The van der Waals surface area contributed by atoms with E-state index in [0.29, 0.717) is 22.7 Å². The number of fused-ring (bicyclic) bond motifs is 2. The minimum atomic E-state index is -0.986. The Morgan fingerprint density at radius 1 is 1.04 bits per heavy atom. The molecule has 0 saturated carbocycles. The lowest BCUT2D eigenvalue weighted by Crippen LogP contribution is -2.18. The van der Waals surface area contributed by atoms with Crippen LogP contribution >= 0.6 is 0 Å². The zero-order chi connectivity index (χ0) is 19.3. The predicted octanol–water partition coefficient (Wildman–Crippen LogP) is 2.76. The molecule has 7 nitrogen and oxygen atoms in total. The summed E-state index contributed by atoms with van der Waals surface area (Å²) in [6, 6.07) is 9.43. The lowest BCUT2D eigenvalue weighted by molar-refractivity contribution is 0.495. The molecule has 0 fully saturated rings. The summed E-state index contributed by atoms with van der Waals surface area (Å²) < 4.78 is 30.6. The number of imidazole rings is 2. The molecule has 0 aliphatic heterocycles. The van der Waals surface area contributed by atoms with Gasteiger partial charge in [-0.05, 0) is 18.2 Å². The van der Waals surface area contributed by atoms with E-state index in [9.17, 15) is 13.6 Å². The fourth-order valence-corrected chi connectivity index (χ4v) is 3.15. The van der Waals surface area contributed by atoms with E-state index >= 15 is 0 Å². The fraction of sp³-hybridized carbons (Fsp3) is 0.0526. The average molecular weight is 378 g/mol. The number of hydrogen-bond donors (Lipinski definition) is 1. The molecular formula is C19H12F2N6O. The van der Waals surface area contributed by atoms with E-state index in [4.69, 9.17) is 0 Å². The number of aromatic nitrogens is 6. The lowest BCUT2D eigenvalue weighted by Gasteiger charge is -2.06. The first kappa shape index (κ1) is 16.3. The van der Waals surface area contributed by atoms with Crippen LogP contribution in [0.2, 0.25) is 0 Å². The van der Waals surface area contributed by atoms with Crippen molar-refractivity contribution in [1.29, 1.82) is 0 Å². The maximum absolute atomic E-state index is 14.1. The smallest absolute Gasteiger partial charge is 0.303 e. The van der Waals surface area contributed by atoms with Crippen molar-refractivity contribution in [2.75, 3.05) is 0 Å². The van der Waals surface area contributed by atoms with Crippen molar-refractivity contribution in [1.82, 2.24) is 28.9 Å². The molecule has 0 radical (unpaired) electrons. The molecule has 9 heteroatoms. The second-order valence-corrected chi connectivity index (χ2v) is 6.23. The summed E-state index contributed by atoms with van der Waals surface area (Å²) in [5.74, 6) is -1.59. The van der Waals surface area contributed by atoms with Crippen LogP contribution in [0.25, 0.3) is 28.3 Å². The molecule has 0 atom stereocenters. The molecule has 0 amide bonds. The monoisotopic (exact) mass is 378 g/mol. The highest BCUT2D eigenvalue weighted by Crippen LogP contribution is 2.20. The zero-order valence-corrected chi connectivity index (χ0v) is 14.3. The van der Waals surface area contributed by atoms with Gasteiger partial charge in [0, 0.05) is 11.8 Å². The summed E-state index contributed by atoms with van der Waals surface area (Å²) in [4.78, 5) is 28.1. The molecule has 0 bridgehead atoms. The van der Waals surface area contributed by atoms with E-state index in [1.807, 2.05) is 28.8 Å². The van der Waals surface area contributed by atoms with E-state index in [-0.39, 0.29) is 12.1 Å². The Bertz CT molecular complexity index is 1400. The van der Waals surface area contributed by atoms with Gasteiger partial charge in [-0.2, -0.15) is 0 Å². The number of nitrogens with zero attached hydrogens (tertiary/aromatic N) is 5. The highest BCUT2D eigenvalue weighted by Gasteiger charge is 2.16. The molecule has 1 N–H and O–H groups in total. The molecule has 28 heavy (non-hydrogen) atoms. The molecule has 0 aliphatic carbocycles. The van der Waals surface area contributed by atoms with E-state index in [0.717, 1.165) is 11.7 Å². The second kappa shape index (κ2) is 6.08. The first-order valence-corrected chi connectivity index (χ1v) is 8.43. The Kier molecular flexibility index (Phi) is 3.54. The maximum Gasteiger partial charge on any atom is 0.328 e. The van der Waals surface area contributed by atoms with Crippen molar-refractivity contribution >= 4 is 16.8 Å². The highest BCUT2D eigenvalue weighted by atomic mass is 19.2. The summed E-state index contributed by atoms with van der Waals surface area (Å²) in [7, 11) is 0. The van der Waals surface area contributed by atoms with Gasteiger partial charge in [-0.25, -0.2) is 28.5 Å². The zero-order valence-electron chi connectivity index (χ0n) is 14.3. The van der Waals surface area contributed by atoms with Crippen LogP contribution in [0.5, 0.6) is 0 Å². The molecule has 5 rings (SSSR count). The van der Waals surface area contributed by atoms with Crippen LogP contribution in [0.3, 0.4) is 0 Å². The second-order valence-electron chi connectivity index (χ2n) is 6.23. The normalized spacial score (nSPS) is 11.5. The van der Waals surface area contributed by atoms with Crippen molar-refractivity contribution in [2.24, 2.45) is 0 Å². The Hall–Kier alpha value is -3.88. The summed E-state index contributed by atoms with van der Waals surface area (Å²) in [5.41, 5.74) is 1.65. The Labute approximate surface area is 156 Å². The number of aromatic amines is 1. The number of halogens is 2. The minimum absolute atomic E-state index is 0.0537. The van der Waals surface area contributed by atoms with Crippen LogP contribution in [0.4, 0.5) is 8.78 Å². The van der Waals surface area contributed by atoms with Gasteiger partial charge in [0.2, 0.25) is 0 Å². The van der Waals surface area contributed by atoms with Gasteiger partial charge < -0.3 is 4.98 Å². The quantitative estimate of drug-likeness (QED) is 0.524. The first-order chi connectivity index (χ1) is 13.6. The van der Waals surface area contributed by atoms with Gasteiger partial charge >= 0.3 is 5.69 Å². The third-order valence-corrected chi connectivity index (χ3v) is 4.52. The van der Waals surface area contributed by atoms with E-state index in [1.54, 1.807) is 6.20 Å². The van der Waals surface area contributed by atoms with Crippen molar-refractivity contribution in [3.8, 4) is 11.5 Å². The molecule has 0 unspecified atom stereocenters. The third-order valence-electron chi connectivity index (χ3n) is 4.52. The molecule has 0 spiro atoms. The van der Waals surface area contributed by atoms with Crippen LogP contribution in [0.15, 0.2) is 59.8 Å². The van der Waals surface area contributed by atoms with E-state index in [1.165, 1.54) is 22.9 Å². The molecule has 0 saturated heterocycles. The van der Waals surface area contributed by atoms with Crippen LogP contribution in [0.1, 0.15) is 5.56 Å². The van der Waals surface area contributed by atoms with Gasteiger partial charge in [-0.15, -0.1) is 0 Å². The number of H-pyrrole nitrogens is 1. The average Bonchev–Trinajstić information content (AvgIpc) is 3.26. The molecule has 4 aromatic heterocycles. The van der Waals surface area contributed by atoms with Gasteiger partial charge in [0.15, 0.2) is 23.1 Å². The topological polar surface area (TPSA) is 80.9 Å². The molecule has 5 aromatic rings. The van der Waals surface area contributed by atoms with Crippen molar-refractivity contribution in [2.45, 2.75) is 6.54 Å². The first-order valence-electron chi connectivity index (χ1n) is 8.43. The van der Waals surface area contributed by atoms with Gasteiger partial charge in [0.05, 0.1) is 18.9 Å². The molecule has 138 valence electrons. The van der Waals surface area contributed by atoms with E-state index < -0.39 is 17.3 Å². The van der Waals surface area contributed by atoms with Crippen molar-refractivity contribution in [3.63, 3.8) is 0 Å². The Morgan fingerprint density at radius 3 is 2.82 bits per heavy atom. The van der Waals surface area contributed by atoms with Crippen LogP contribution in [-0.4, -0.2) is 28.9 Å².